The molecule has 1 atom stereocenters. The van der Waals surface area contributed by atoms with Crippen LogP contribution in [-0.2, 0) is 16.0 Å². The molecule has 0 aliphatic rings. The lowest BCUT2D eigenvalue weighted by Gasteiger charge is -2.19. The summed E-state index contributed by atoms with van der Waals surface area (Å²) in [5, 5.41) is 14.9. The highest BCUT2D eigenvalue weighted by molar-refractivity contribution is 5.90. The molecule has 1 unspecified atom stereocenters. The minimum atomic E-state index is -0.995. The first-order chi connectivity index (χ1) is 13.4. The van der Waals surface area contributed by atoms with Crippen molar-refractivity contribution in [3.63, 3.8) is 0 Å². The van der Waals surface area contributed by atoms with E-state index in [4.69, 9.17) is 0 Å². The van der Waals surface area contributed by atoms with Crippen LogP contribution < -0.4 is 10.6 Å². The van der Waals surface area contributed by atoms with Gasteiger partial charge in [-0.1, -0.05) is 62.4 Å². The van der Waals surface area contributed by atoms with Crippen molar-refractivity contribution in [2.45, 2.75) is 32.7 Å². The van der Waals surface area contributed by atoms with Crippen LogP contribution in [0.4, 0.5) is 0 Å². The number of carboxylic acid groups (broad SMARTS) is 1. The van der Waals surface area contributed by atoms with Crippen LogP contribution in [0.5, 0.6) is 0 Å². The standard InChI is InChI=1S/C22H26N2O4/c1-15(2)14-19(25)24-20(17-9-4-3-5-10-17)21(26)23-13-12-16-8-6-7-11-18(16)22(27)28/h3-11,15,20H,12-14H2,1-2H3,(H,23,26)(H,24,25)(H,27,28). The van der Waals surface area contributed by atoms with Gasteiger partial charge in [-0.25, -0.2) is 4.79 Å². The molecule has 2 amide bonds. The number of carbonyl (C=O) groups excluding carboxylic acids is 2. The highest BCUT2D eigenvalue weighted by atomic mass is 16.4. The number of benzene rings is 2. The second-order valence-electron chi connectivity index (χ2n) is 7.01. The SMILES string of the molecule is CC(C)CC(=O)NC(C(=O)NCCc1ccccc1C(=O)O)c1ccccc1. The molecule has 0 radical (unpaired) electrons. The van der Waals surface area contributed by atoms with E-state index in [1.807, 2.05) is 32.0 Å². The molecule has 0 spiro atoms. The smallest absolute Gasteiger partial charge is 0.335 e. The van der Waals surface area contributed by atoms with Crippen LogP contribution in [0.1, 0.15) is 47.8 Å². The number of rotatable bonds is 9. The van der Waals surface area contributed by atoms with Crippen LogP contribution in [0.15, 0.2) is 54.6 Å². The van der Waals surface area contributed by atoms with Crippen molar-refractivity contribution in [3.05, 3.63) is 71.3 Å². The Labute approximate surface area is 165 Å². The Morgan fingerprint density at radius 3 is 2.25 bits per heavy atom. The average molecular weight is 382 g/mol. The van der Waals surface area contributed by atoms with E-state index in [2.05, 4.69) is 10.6 Å². The molecular formula is C22H26N2O4. The highest BCUT2D eigenvalue weighted by Crippen LogP contribution is 2.14. The molecule has 0 aromatic heterocycles. The van der Waals surface area contributed by atoms with E-state index >= 15 is 0 Å². The number of carbonyl (C=O) groups is 3. The summed E-state index contributed by atoms with van der Waals surface area (Å²) in [6, 6.07) is 15.0. The Kier molecular flexibility index (Phi) is 7.75. The van der Waals surface area contributed by atoms with Gasteiger partial charge in [-0.05, 0) is 29.5 Å². The van der Waals surface area contributed by atoms with Crippen molar-refractivity contribution in [2.75, 3.05) is 6.54 Å². The zero-order valence-corrected chi connectivity index (χ0v) is 16.1. The van der Waals surface area contributed by atoms with Gasteiger partial charge in [-0.15, -0.1) is 0 Å². The molecule has 2 aromatic rings. The lowest BCUT2D eigenvalue weighted by atomic mass is 10.0. The van der Waals surface area contributed by atoms with Gasteiger partial charge in [-0.2, -0.15) is 0 Å². The fourth-order valence-electron chi connectivity index (χ4n) is 2.91. The molecule has 2 rings (SSSR count). The van der Waals surface area contributed by atoms with E-state index in [0.29, 0.717) is 24.0 Å². The molecular weight excluding hydrogens is 356 g/mol. The number of nitrogens with one attached hydrogen (secondary N) is 2. The quantitative estimate of drug-likeness (QED) is 0.621. The fraction of sp³-hybridized carbons (Fsp3) is 0.318. The summed E-state index contributed by atoms with van der Waals surface area (Å²) in [6.07, 6.45) is 0.721. The molecule has 148 valence electrons. The summed E-state index contributed by atoms with van der Waals surface area (Å²) in [5.41, 5.74) is 1.57. The molecule has 6 nitrogen and oxygen atoms in total. The molecule has 0 saturated carbocycles. The Hall–Kier alpha value is -3.15. The second-order valence-corrected chi connectivity index (χ2v) is 7.01. The van der Waals surface area contributed by atoms with Crippen molar-refractivity contribution in [1.82, 2.24) is 10.6 Å². The molecule has 0 aliphatic carbocycles. The summed E-state index contributed by atoms with van der Waals surface area (Å²) >= 11 is 0. The lowest BCUT2D eigenvalue weighted by Crippen LogP contribution is -2.41. The van der Waals surface area contributed by atoms with E-state index < -0.39 is 12.0 Å². The highest BCUT2D eigenvalue weighted by Gasteiger charge is 2.22. The van der Waals surface area contributed by atoms with E-state index in [1.165, 1.54) is 0 Å². The van der Waals surface area contributed by atoms with Gasteiger partial charge in [0, 0.05) is 13.0 Å². The molecule has 0 saturated heterocycles. The Bertz CT molecular complexity index is 818. The summed E-state index contributed by atoms with van der Waals surface area (Å²) in [7, 11) is 0. The average Bonchev–Trinajstić information content (AvgIpc) is 2.66. The first kappa shape index (κ1) is 21.2. The molecule has 0 bridgehead atoms. The molecule has 2 aromatic carbocycles. The molecule has 0 aliphatic heterocycles. The number of hydrogen-bond donors (Lipinski definition) is 3. The van der Waals surface area contributed by atoms with Crippen molar-refractivity contribution in [1.29, 1.82) is 0 Å². The zero-order valence-electron chi connectivity index (χ0n) is 16.1. The number of aromatic carboxylic acids is 1. The monoisotopic (exact) mass is 382 g/mol. The normalized spacial score (nSPS) is 11.7. The lowest BCUT2D eigenvalue weighted by molar-refractivity contribution is -0.129. The predicted octanol–water partition coefficient (Wildman–Crippen LogP) is 2.95. The molecule has 28 heavy (non-hydrogen) atoms. The maximum Gasteiger partial charge on any atom is 0.335 e. The van der Waals surface area contributed by atoms with E-state index in [-0.39, 0.29) is 29.8 Å². The minimum Gasteiger partial charge on any atom is -0.478 e. The van der Waals surface area contributed by atoms with Crippen molar-refractivity contribution in [3.8, 4) is 0 Å². The maximum atomic E-state index is 12.7. The van der Waals surface area contributed by atoms with Gasteiger partial charge in [0.15, 0.2) is 0 Å². The topological polar surface area (TPSA) is 95.5 Å². The largest absolute Gasteiger partial charge is 0.478 e. The van der Waals surface area contributed by atoms with Crippen LogP contribution in [0.3, 0.4) is 0 Å². The van der Waals surface area contributed by atoms with Crippen molar-refractivity contribution in [2.24, 2.45) is 5.92 Å². The Balaban J connectivity index is 2.04. The summed E-state index contributed by atoms with van der Waals surface area (Å²) in [5.74, 6) is -1.32. The van der Waals surface area contributed by atoms with Gasteiger partial charge in [0.1, 0.15) is 6.04 Å². The van der Waals surface area contributed by atoms with Crippen LogP contribution in [0.2, 0.25) is 0 Å². The third-order valence-electron chi connectivity index (χ3n) is 4.24. The van der Waals surface area contributed by atoms with E-state index in [0.717, 1.165) is 0 Å². The van der Waals surface area contributed by atoms with Crippen molar-refractivity contribution < 1.29 is 19.5 Å². The van der Waals surface area contributed by atoms with Gasteiger partial charge in [0.25, 0.3) is 0 Å². The summed E-state index contributed by atoms with van der Waals surface area (Å²) < 4.78 is 0. The predicted molar refractivity (Wildman–Crippen MR) is 107 cm³/mol. The van der Waals surface area contributed by atoms with Gasteiger partial charge in [-0.3, -0.25) is 9.59 Å². The van der Waals surface area contributed by atoms with Gasteiger partial charge < -0.3 is 15.7 Å². The molecule has 6 heteroatoms. The van der Waals surface area contributed by atoms with Gasteiger partial charge >= 0.3 is 5.97 Å². The first-order valence-electron chi connectivity index (χ1n) is 9.31. The summed E-state index contributed by atoms with van der Waals surface area (Å²) in [6.45, 7) is 4.15. The van der Waals surface area contributed by atoms with Crippen LogP contribution in [-0.4, -0.2) is 29.4 Å². The number of hydrogen-bond acceptors (Lipinski definition) is 3. The van der Waals surface area contributed by atoms with E-state index in [1.54, 1.807) is 36.4 Å². The maximum absolute atomic E-state index is 12.7. The van der Waals surface area contributed by atoms with Crippen LogP contribution in [0, 0.1) is 5.92 Å². The fourth-order valence-corrected chi connectivity index (χ4v) is 2.91. The minimum absolute atomic E-state index is 0.185. The molecule has 3 N–H and O–H groups in total. The summed E-state index contributed by atoms with van der Waals surface area (Å²) in [4.78, 5) is 36.2. The molecule has 0 fully saturated rings. The third kappa shape index (κ3) is 6.23. The first-order valence-corrected chi connectivity index (χ1v) is 9.31. The van der Waals surface area contributed by atoms with Crippen molar-refractivity contribution >= 4 is 17.8 Å². The zero-order chi connectivity index (χ0) is 20.5. The third-order valence-corrected chi connectivity index (χ3v) is 4.24. The second kappa shape index (κ2) is 10.3. The number of amides is 2. The number of carboxylic acids is 1. The van der Waals surface area contributed by atoms with Gasteiger partial charge in [0.2, 0.25) is 11.8 Å². The van der Waals surface area contributed by atoms with Crippen LogP contribution in [0.25, 0.3) is 0 Å². The van der Waals surface area contributed by atoms with Gasteiger partial charge in [0.05, 0.1) is 5.56 Å². The Morgan fingerprint density at radius 2 is 1.61 bits per heavy atom. The van der Waals surface area contributed by atoms with E-state index in [9.17, 15) is 19.5 Å². The Morgan fingerprint density at radius 1 is 0.964 bits per heavy atom. The van der Waals surface area contributed by atoms with Crippen LogP contribution >= 0.6 is 0 Å². The molecule has 0 heterocycles.